The highest BCUT2D eigenvalue weighted by Gasteiger charge is 2.47. The zero-order valence-corrected chi connectivity index (χ0v) is 32.9. The maximum atomic E-state index is 16.2. The number of fused-ring (bicyclic) bond motifs is 2. The van der Waals surface area contributed by atoms with Crippen molar-refractivity contribution in [3.63, 3.8) is 0 Å². The molecule has 5 aromatic rings. The predicted molar refractivity (Wildman–Crippen MR) is 210 cm³/mol. The molecule has 0 spiro atoms. The number of benzene rings is 2. The molecule has 3 amide bonds. The number of amides is 3. The Kier molecular flexibility index (Phi) is 10.5. The maximum Gasteiger partial charge on any atom is 0.329 e. The third-order valence-corrected chi connectivity index (χ3v) is 12.2. The first kappa shape index (κ1) is 40.4. The number of hydrogen-bond donors (Lipinski definition) is 3. The maximum absolute atomic E-state index is 16.2. The number of carbonyl (C=O) groups excluding carboxylic acids is 3. The third kappa shape index (κ3) is 7.77. The number of nitrogens with zero attached hydrogens (tertiary/aromatic N) is 6. The number of nitrogens with one attached hydrogen (secondary N) is 2. The van der Waals surface area contributed by atoms with E-state index < -0.39 is 65.6 Å². The first-order valence-electron chi connectivity index (χ1n) is 19.9. The SMILES string of the molecule is Cn1c(=O)n(C2CCC(=O)NC2=O)c2cccc(C3CCN(C[C@H]4CC[C@H](n5cc6cc(NC(=O)c7cccc(C(F)F)n7)c(C(C)(C)O)cc6n5)CC4)CC3(F)F)c21. The summed E-state index contributed by atoms with van der Waals surface area (Å²) in [5.41, 5.74) is -0.147. The normalized spacial score (nSPS) is 22.9. The van der Waals surface area contributed by atoms with Crippen LogP contribution in [0.3, 0.4) is 0 Å². The van der Waals surface area contributed by atoms with Gasteiger partial charge >= 0.3 is 5.69 Å². The number of piperidine rings is 2. The van der Waals surface area contributed by atoms with Crippen LogP contribution in [-0.2, 0) is 22.2 Å². The summed E-state index contributed by atoms with van der Waals surface area (Å²) in [4.78, 5) is 56.6. The molecule has 312 valence electrons. The van der Waals surface area contributed by atoms with Crippen LogP contribution in [0, 0.1) is 5.92 Å². The molecular weight excluding hydrogens is 773 g/mol. The van der Waals surface area contributed by atoms with Crippen molar-refractivity contribution in [2.45, 2.75) is 94.7 Å². The summed E-state index contributed by atoms with van der Waals surface area (Å²) >= 11 is 0. The molecule has 2 aromatic carbocycles. The Morgan fingerprint density at radius 2 is 1.78 bits per heavy atom. The summed E-state index contributed by atoms with van der Waals surface area (Å²) in [7, 11) is 1.53. The average molecular weight is 819 g/mol. The predicted octanol–water partition coefficient (Wildman–Crippen LogP) is 6.34. The van der Waals surface area contributed by atoms with Gasteiger partial charge in [0.15, 0.2) is 0 Å². The summed E-state index contributed by atoms with van der Waals surface area (Å²) in [6.07, 6.45) is 2.63. The molecule has 3 fully saturated rings. The van der Waals surface area contributed by atoms with Gasteiger partial charge in [-0.3, -0.25) is 38.4 Å². The molecule has 2 atom stereocenters. The zero-order valence-electron chi connectivity index (χ0n) is 32.9. The van der Waals surface area contributed by atoms with E-state index in [1.54, 1.807) is 44.2 Å². The number of anilines is 1. The molecular formula is C42H46F4N8O5. The molecule has 0 radical (unpaired) electrons. The number of aromatic nitrogens is 5. The quantitative estimate of drug-likeness (QED) is 0.115. The third-order valence-electron chi connectivity index (χ3n) is 12.2. The molecule has 8 rings (SSSR count). The minimum absolute atomic E-state index is 0.0513. The van der Waals surface area contributed by atoms with Gasteiger partial charge in [-0.1, -0.05) is 18.2 Å². The van der Waals surface area contributed by atoms with E-state index in [2.05, 4.69) is 15.6 Å². The fourth-order valence-electron chi connectivity index (χ4n) is 9.26. The van der Waals surface area contributed by atoms with E-state index in [1.807, 2.05) is 15.8 Å². The van der Waals surface area contributed by atoms with Gasteiger partial charge in [-0.25, -0.2) is 27.3 Å². The molecule has 0 bridgehead atoms. The largest absolute Gasteiger partial charge is 0.386 e. The zero-order chi connectivity index (χ0) is 42.0. The molecule has 3 N–H and O–H groups in total. The van der Waals surface area contributed by atoms with Crippen molar-refractivity contribution in [1.29, 1.82) is 0 Å². The number of aryl methyl sites for hydroxylation is 1. The average Bonchev–Trinajstić information content (AvgIpc) is 3.71. The van der Waals surface area contributed by atoms with Crippen LogP contribution in [0.25, 0.3) is 21.9 Å². The van der Waals surface area contributed by atoms with Gasteiger partial charge in [0.1, 0.15) is 17.4 Å². The smallest absolute Gasteiger partial charge is 0.329 e. The summed E-state index contributed by atoms with van der Waals surface area (Å²) < 4.78 is 63.4. The van der Waals surface area contributed by atoms with Crippen molar-refractivity contribution >= 4 is 45.3 Å². The van der Waals surface area contributed by atoms with Crippen molar-refractivity contribution in [2.24, 2.45) is 13.0 Å². The lowest BCUT2D eigenvalue weighted by Crippen LogP contribution is -2.49. The highest BCUT2D eigenvalue weighted by molar-refractivity contribution is 6.04. The number of aliphatic hydroxyl groups is 1. The van der Waals surface area contributed by atoms with E-state index in [0.717, 1.165) is 31.7 Å². The first-order chi connectivity index (χ1) is 28.0. The van der Waals surface area contributed by atoms with Crippen LogP contribution in [-0.4, -0.2) is 77.2 Å². The second kappa shape index (κ2) is 15.3. The Morgan fingerprint density at radius 3 is 2.47 bits per heavy atom. The fraction of sp³-hybridized carbons (Fsp3) is 0.476. The molecule has 13 nitrogen and oxygen atoms in total. The highest BCUT2D eigenvalue weighted by atomic mass is 19.3. The Balaban J connectivity index is 0.926. The van der Waals surface area contributed by atoms with Crippen LogP contribution >= 0.6 is 0 Å². The number of halogens is 4. The van der Waals surface area contributed by atoms with Crippen LogP contribution in [0.5, 0.6) is 0 Å². The van der Waals surface area contributed by atoms with Crippen molar-refractivity contribution in [2.75, 3.05) is 25.0 Å². The van der Waals surface area contributed by atoms with Gasteiger partial charge in [0.2, 0.25) is 11.8 Å². The number of carbonyl (C=O) groups is 3. The molecule has 59 heavy (non-hydrogen) atoms. The van der Waals surface area contributed by atoms with E-state index in [4.69, 9.17) is 5.10 Å². The van der Waals surface area contributed by atoms with Gasteiger partial charge < -0.3 is 10.4 Å². The number of likely N-dealkylation sites (tertiary alicyclic amines) is 1. The van der Waals surface area contributed by atoms with Gasteiger partial charge in [-0.05, 0) is 101 Å². The monoisotopic (exact) mass is 818 g/mol. The van der Waals surface area contributed by atoms with E-state index in [0.29, 0.717) is 51.8 Å². The van der Waals surface area contributed by atoms with Crippen molar-refractivity contribution in [3.8, 4) is 0 Å². The van der Waals surface area contributed by atoms with Gasteiger partial charge in [0.05, 0.1) is 40.7 Å². The summed E-state index contributed by atoms with van der Waals surface area (Å²) in [5.74, 6) is -5.70. The highest BCUT2D eigenvalue weighted by Crippen LogP contribution is 2.44. The van der Waals surface area contributed by atoms with E-state index in [-0.39, 0.29) is 36.9 Å². The Hall–Kier alpha value is -5.42. The Bertz CT molecular complexity index is 2520. The number of imidazole rings is 1. The number of rotatable bonds is 9. The number of imide groups is 1. The van der Waals surface area contributed by atoms with Gasteiger partial charge in [0.25, 0.3) is 18.3 Å². The standard InChI is InChI=1S/C42H46F4N8O5/c1-41(2,59)28-19-31-24(18-32(28)48-38(56)30-8-5-7-29(47-30)37(43)44)21-53(50-31)25-12-10-23(11-13-25)20-52-17-16-27(42(45,46)22-52)26-6-4-9-33-36(26)51(3)40(58)54(33)34-14-15-35(55)49-39(34)57/h4-9,18-19,21,23,25,27,34,37,59H,10-17,20,22H2,1-3H3,(H,48,56)(H,49,55,57)/t23-,25-,27?,34?. The molecule has 1 saturated carbocycles. The minimum Gasteiger partial charge on any atom is -0.386 e. The van der Waals surface area contributed by atoms with Crippen LogP contribution in [0.4, 0.5) is 23.2 Å². The molecule has 17 heteroatoms. The van der Waals surface area contributed by atoms with Gasteiger partial charge in [-0.2, -0.15) is 5.10 Å². The van der Waals surface area contributed by atoms with E-state index in [1.165, 1.54) is 28.3 Å². The second-order valence-corrected chi connectivity index (χ2v) is 16.7. The van der Waals surface area contributed by atoms with Crippen LogP contribution < -0.4 is 16.3 Å². The van der Waals surface area contributed by atoms with Crippen LogP contribution in [0.2, 0.25) is 0 Å². The lowest BCUT2D eigenvalue weighted by molar-refractivity contribution is -0.135. The molecule has 5 heterocycles. The van der Waals surface area contributed by atoms with Crippen molar-refractivity contribution < 1.29 is 37.1 Å². The van der Waals surface area contributed by atoms with Gasteiger partial charge in [-0.15, -0.1) is 0 Å². The Morgan fingerprint density at radius 1 is 1.03 bits per heavy atom. The van der Waals surface area contributed by atoms with Crippen molar-refractivity contribution in [3.05, 3.63) is 87.7 Å². The summed E-state index contributed by atoms with van der Waals surface area (Å²) in [5, 5.41) is 21.5. The fourth-order valence-corrected chi connectivity index (χ4v) is 9.26. The Labute approximate surface area is 336 Å². The first-order valence-corrected chi connectivity index (χ1v) is 19.9. The number of hydrogen-bond acceptors (Lipinski definition) is 8. The topological polar surface area (TPSA) is 156 Å². The van der Waals surface area contributed by atoms with Crippen LogP contribution in [0.1, 0.15) is 111 Å². The molecule has 3 aliphatic rings. The number of alkyl halides is 4. The molecule has 2 aliphatic heterocycles. The molecule has 2 saturated heterocycles. The number of pyridine rings is 1. The lowest BCUT2D eigenvalue weighted by Gasteiger charge is -2.41. The summed E-state index contributed by atoms with van der Waals surface area (Å²) in [6, 6.07) is 11.3. The lowest BCUT2D eigenvalue weighted by atomic mass is 9.83. The van der Waals surface area contributed by atoms with Gasteiger partial charge in [0, 0.05) is 42.8 Å². The number of para-hydroxylation sites is 1. The van der Waals surface area contributed by atoms with Crippen molar-refractivity contribution in [1.82, 2.24) is 34.1 Å². The molecule has 1 aliphatic carbocycles. The molecule has 3 aromatic heterocycles. The van der Waals surface area contributed by atoms with E-state index in [9.17, 15) is 33.1 Å². The minimum atomic E-state index is -3.08. The second-order valence-electron chi connectivity index (χ2n) is 16.7. The molecule has 2 unspecified atom stereocenters. The summed E-state index contributed by atoms with van der Waals surface area (Å²) in [6.45, 7) is 3.71. The van der Waals surface area contributed by atoms with E-state index >= 15 is 8.78 Å². The van der Waals surface area contributed by atoms with Crippen LogP contribution in [0.15, 0.2) is 59.5 Å².